The molecule has 27 heavy (non-hydrogen) atoms. The first kappa shape index (κ1) is 18.5. The van der Waals surface area contributed by atoms with Crippen molar-refractivity contribution in [1.82, 2.24) is 20.2 Å². The summed E-state index contributed by atoms with van der Waals surface area (Å²) in [7, 11) is 3.53. The van der Waals surface area contributed by atoms with Gasteiger partial charge in [-0.3, -0.25) is 0 Å². The second-order valence-corrected chi connectivity index (χ2v) is 6.42. The van der Waals surface area contributed by atoms with Crippen molar-refractivity contribution < 1.29 is 9.53 Å². The third-order valence-corrected chi connectivity index (χ3v) is 4.35. The minimum absolute atomic E-state index is 0.257. The quantitative estimate of drug-likeness (QED) is 0.705. The molecule has 140 valence electrons. The van der Waals surface area contributed by atoms with Gasteiger partial charge in [0.1, 0.15) is 17.6 Å². The molecule has 0 saturated heterocycles. The Bertz CT molecular complexity index is 920. The number of urea groups is 1. The molecule has 2 aromatic carbocycles. The number of hydrogen-bond acceptors (Lipinski definition) is 3. The molecular weight excluding hydrogens is 340 g/mol. The van der Waals surface area contributed by atoms with E-state index in [2.05, 4.69) is 21.7 Å². The summed E-state index contributed by atoms with van der Waals surface area (Å²) in [4.78, 5) is 17.0. The average molecular weight is 364 g/mol. The van der Waals surface area contributed by atoms with Gasteiger partial charge in [-0.05, 0) is 30.2 Å². The molecule has 2 N–H and O–H groups in total. The van der Waals surface area contributed by atoms with Gasteiger partial charge in [0.15, 0.2) is 0 Å². The van der Waals surface area contributed by atoms with Gasteiger partial charge in [0.2, 0.25) is 0 Å². The molecule has 0 bridgehead atoms. The Morgan fingerprint density at radius 3 is 2.74 bits per heavy atom. The lowest BCUT2D eigenvalue weighted by atomic mass is 10.1. The largest absolute Gasteiger partial charge is 0.497 e. The number of methoxy groups -OCH3 is 1. The molecule has 3 rings (SSSR count). The van der Waals surface area contributed by atoms with Crippen molar-refractivity contribution in [2.45, 2.75) is 19.5 Å². The number of carbonyl (C=O) groups excluding carboxylic acids is 1. The van der Waals surface area contributed by atoms with E-state index < -0.39 is 6.04 Å². The van der Waals surface area contributed by atoms with E-state index in [1.54, 1.807) is 13.3 Å². The zero-order chi connectivity index (χ0) is 19.2. The van der Waals surface area contributed by atoms with Crippen LogP contribution in [0.4, 0.5) is 4.79 Å². The van der Waals surface area contributed by atoms with Crippen LogP contribution < -0.4 is 15.4 Å². The van der Waals surface area contributed by atoms with Gasteiger partial charge in [0.05, 0.1) is 7.11 Å². The topological polar surface area (TPSA) is 68.2 Å². The van der Waals surface area contributed by atoms with Crippen molar-refractivity contribution in [2.24, 2.45) is 7.05 Å². The number of rotatable bonds is 6. The van der Waals surface area contributed by atoms with Crippen LogP contribution in [0, 0.1) is 6.92 Å². The number of ether oxygens (including phenoxy) is 1. The molecule has 0 saturated carbocycles. The Labute approximate surface area is 159 Å². The summed E-state index contributed by atoms with van der Waals surface area (Å²) in [6.07, 6.45) is 3.57. The summed E-state index contributed by atoms with van der Waals surface area (Å²) in [5, 5.41) is 5.94. The molecule has 6 heteroatoms. The zero-order valence-corrected chi connectivity index (χ0v) is 15.8. The Hall–Kier alpha value is -3.28. The molecule has 0 spiro atoms. The van der Waals surface area contributed by atoms with E-state index in [-0.39, 0.29) is 6.03 Å². The van der Waals surface area contributed by atoms with Gasteiger partial charge < -0.3 is 19.9 Å². The first-order valence-electron chi connectivity index (χ1n) is 8.78. The molecule has 3 aromatic rings. The lowest BCUT2D eigenvalue weighted by molar-refractivity contribution is 0.237. The predicted octanol–water partition coefficient (Wildman–Crippen LogP) is 3.33. The molecule has 1 aromatic heterocycles. The number of aryl methyl sites for hydroxylation is 2. The Morgan fingerprint density at radius 1 is 1.22 bits per heavy atom. The molecule has 0 aliphatic heterocycles. The number of amides is 2. The van der Waals surface area contributed by atoms with Gasteiger partial charge in [0, 0.05) is 26.0 Å². The van der Waals surface area contributed by atoms with E-state index in [0.29, 0.717) is 6.54 Å². The highest BCUT2D eigenvalue weighted by Gasteiger charge is 2.21. The number of nitrogens with one attached hydrogen (secondary N) is 2. The zero-order valence-electron chi connectivity index (χ0n) is 15.8. The van der Waals surface area contributed by atoms with Gasteiger partial charge in [-0.25, -0.2) is 9.78 Å². The van der Waals surface area contributed by atoms with Crippen LogP contribution in [0.25, 0.3) is 0 Å². The smallest absolute Gasteiger partial charge is 0.315 e. The molecule has 1 unspecified atom stereocenters. The summed E-state index contributed by atoms with van der Waals surface area (Å²) >= 11 is 0. The molecule has 1 heterocycles. The lowest BCUT2D eigenvalue weighted by Gasteiger charge is -2.20. The number of carbonyl (C=O) groups is 1. The van der Waals surface area contributed by atoms with E-state index >= 15 is 0 Å². The van der Waals surface area contributed by atoms with Crippen LogP contribution in [0.1, 0.15) is 28.6 Å². The van der Waals surface area contributed by atoms with E-state index in [4.69, 9.17) is 4.74 Å². The van der Waals surface area contributed by atoms with Crippen LogP contribution in [-0.4, -0.2) is 22.7 Å². The standard InChI is InChI=1S/C21H24N4O2/c1-15-6-4-7-16(12-15)14-23-21(26)24-19(20-22-10-11-25(20)2)17-8-5-9-18(13-17)27-3/h4-13,19H,14H2,1-3H3,(H2,23,24,26). The maximum atomic E-state index is 12.6. The van der Waals surface area contributed by atoms with E-state index in [0.717, 1.165) is 28.3 Å². The van der Waals surface area contributed by atoms with Crippen LogP contribution in [-0.2, 0) is 13.6 Å². The van der Waals surface area contributed by atoms with Gasteiger partial charge in [-0.15, -0.1) is 0 Å². The molecule has 0 radical (unpaired) electrons. The minimum atomic E-state index is -0.391. The highest BCUT2D eigenvalue weighted by Crippen LogP contribution is 2.24. The normalized spacial score (nSPS) is 11.7. The summed E-state index contributed by atoms with van der Waals surface area (Å²) in [5.74, 6) is 1.47. The second-order valence-electron chi connectivity index (χ2n) is 6.42. The van der Waals surface area contributed by atoms with Gasteiger partial charge in [-0.2, -0.15) is 0 Å². The van der Waals surface area contributed by atoms with E-state index in [1.165, 1.54) is 0 Å². The third kappa shape index (κ3) is 4.67. The average Bonchev–Trinajstić information content (AvgIpc) is 3.10. The van der Waals surface area contributed by atoms with Crippen molar-refractivity contribution in [3.8, 4) is 5.75 Å². The van der Waals surface area contributed by atoms with Crippen LogP contribution >= 0.6 is 0 Å². The molecule has 6 nitrogen and oxygen atoms in total. The Balaban J connectivity index is 1.77. The van der Waals surface area contributed by atoms with Crippen LogP contribution in [0.15, 0.2) is 60.9 Å². The summed E-state index contributed by atoms with van der Waals surface area (Å²) in [6.45, 7) is 2.49. The third-order valence-electron chi connectivity index (χ3n) is 4.35. The summed E-state index contributed by atoms with van der Waals surface area (Å²) in [5.41, 5.74) is 3.12. The van der Waals surface area contributed by atoms with Crippen LogP contribution in [0.3, 0.4) is 0 Å². The number of nitrogens with zero attached hydrogens (tertiary/aromatic N) is 2. The van der Waals surface area contributed by atoms with Crippen molar-refractivity contribution in [3.63, 3.8) is 0 Å². The van der Waals surface area contributed by atoms with E-state index in [9.17, 15) is 4.79 Å². The molecule has 0 aliphatic carbocycles. The lowest BCUT2D eigenvalue weighted by Crippen LogP contribution is -2.38. The molecule has 0 aliphatic rings. The van der Waals surface area contributed by atoms with Crippen molar-refractivity contribution in [3.05, 3.63) is 83.4 Å². The van der Waals surface area contributed by atoms with E-state index in [1.807, 2.05) is 67.2 Å². The second kappa shape index (κ2) is 8.40. The summed E-state index contributed by atoms with van der Waals surface area (Å²) in [6, 6.07) is 15.0. The SMILES string of the molecule is COc1cccc(C(NC(=O)NCc2cccc(C)c2)c2nccn2C)c1. The van der Waals surface area contributed by atoms with Gasteiger partial charge >= 0.3 is 6.03 Å². The van der Waals surface area contributed by atoms with Crippen LogP contribution in [0.5, 0.6) is 5.75 Å². The maximum absolute atomic E-state index is 12.6. The maximum Gasteiger partial charge on any atom is 0.315 e. The highest BCUT2D eigenvalue weighted by atomic mass is 16.5. The number of imidazole rings is 1. The van der Waals surface area contributed by atoms with Crippen molar-refractivity contribution in [2.75, 3.05) is 7.11 Å². The van der Waals surface area contributed by atoms with Gasteiger partial charge in [-0.1, -0.05) is 42.0 Å². The first-order valence-corrected chi connectivity index (χ1v) is 8.78. The minimum Gasteiger partial charge on any atom is -0.497 e. The Morgan fingerprint density at radius 2 is 2.04 bits per heavy atom. The molecular formula is C21H24N4O2. The molecule has 0 fully saturated rings. The number of aromatic nitrogens is 2. The van der Waals surface area contributed by atoms with Crippen LogP contribution in [0.2, 0.25) is 0 Å². The first-order chi connectivity index (χ1) is 13.1. The Kier molecular flexibility index (Phi) is 5.76. The predicted molar refractivity (Wildman–Crippen MR) is 105 cm³/mol. The highest BCUT2D eigenvalue weighted by molar-refractivity contribution is 5.75. The fourth-order valence-corrected chi connectivity index (χ4v) is 2.96. The molecule has 2 amide bonds. The monoisotopic (exact) mass is 364 g/mol. The fourth-order valence-electron chi connectivity index (χ4n) is 2.96. The molecule has 1 atom stereocenters. The van der Waals surface area contributed by atoms with Gasteiger partial charge in [0.25, 0.3) is 0 Å². The van der Waals surface area contributed by atoms with Crippen molar-refractivity contribution in [1.29, 1.82) is 0 Å². The number of hydrogen-bond donors (Lipinski definition) is 2. The number of benzene rings is 2. The fraction of sp³-hybridized carbons (Fsp3) is 0.238. The van der Waals surface area contributed by atoms with Crippen molar-refractivity contribution >= 4 is 6.03 Å². The summed E-state index contributed by atoms with van der Waals surface area (Å²) < 4.78 is 7.21.